The third-order valence-electron chi connectivity index (χ3n) is 5.73. The fourth-order valence-electron chi connectivity index (χ4n) is 3.81. The van der Waals surface area contributed by atoms with Gasteiger partial charge in [-0.1, -0.05) is 70.9 Å². The summed E-state index contributed by atoms with van der Waals surface area (Å²) in [6.07, 6.45) is 12.5. The van der Waals surface area contributed by atoms with Crippen LogP contribution in [-0.2, 0) is 9.59 Å². The number of unbranched alkanes of at least 4 members (excludes halogenated alkanes) is 5. The van der Waals surface area contributed by atoms with Gasteiger partial charge in [0.25, 0.3) is 0 Å². The zero-order chi connectivity index (χ0) is 18.2. The van der Waals surface area contributed by atoms with Crippen molar-refractivity contribution in [2.75, 3.05) is 0 Å². The van der Waals surface area contributed by atoms with Gasteiger partial charge in [0.05, 0.1) is 10.8 Å². The van der Waals surface area contributed by atoms with Crippen molar-refractivity contribution in [1.29, 1.82) is 0 Å². The molecular weight excluding hydrogens is 304 g/mol. The van der Waals surface area contributed by atoms with Crippen molar-refractivity contribution in [3.05, 3.63) is 12.2 Å². The zero-order valence-electron chi connectivity index (χ0n) is 15.5. The normalized spacial score (nSPS) is 26.7. The van der Waals surface area contributed by atoms with Crippen LogP contribution in [0.1, 0.15) is 85.0 Å². The second kappa shape index (κ2) is 9.24. The molecule has 1 rings (SSSR count). The maximum absolute atomic E-state index is 12.0. The average molecular weight is 338 g/mol. The molecule has 1 aliphatic rings. The van der Waals surface area contributed by atoms with Crippen LogP contribution in [0.4, 0.5) is 0 Å². The van der Waals surface area contributed by atoms with Crippen molar-refractivity contribution >= 4 is 11.9 Å². The van der Waals surface area contributed by atoms with Crippen LogP contribution in [0.15, 0.2) is 12.2 Å². The van der Waals surface area contributed by atoms with Crippen molar-refractivity contribution in [2.24, 2.45) is 16.7 Å². The highest BCUT2D eigenvalue weighted by Crippen LogP contribution is 2.52. The van der Waals surface area contributed by atoms with E-state index in [1.807, 2.05) is 12.2 Å². The lowest BCUT2D eigenvalue weighted by molar-refractivity contribution is -0.174. The molecule has 138 valence electrons. The Hall–Kier alpha value is -1.32. The van der Waals surface area contributed by atoms with Crippen molar-refractivity contribution in [1.82, 2.24) is 0 Å². The Balaban J connectivity index is 2.51. The van der Waals surface area contributed by atoms with E-state index in [4.69, 9.17) is 0 Å². The van der Waals surface area contributed by atoms with Gasteiger partial charge in [-0.2, -0.15) is 0 Å². The molecule has 0 spiro atoms. The van der Waals surface area contributed by atoms with Crippen molar-refractivity contribution in [2.45, 2.75) is 85.0 Å². The van der Waals surface area contributed by atoms with E-state index in [2.05, 4.69) is 13.8 Å². The van der Waals surface area contributed by atoms with Crippen LogP contribution >= 0.6 is 0 Å². The molecule has 24 heavy (non-hydrogen) atoms. The van der Waals surface area contributed by atoms with Gasteiger partial charge in [-0.3, -0.25) is 9.59 Å². The molecule has 0 aliphatic heterocycles. The number of carboxylic acids is 2. The highest BCUT2D eigenvalue weighted by Gasteiger charge is 2.57. The minimum absolute atomic E-state index is 0.295. The van der Waals surface area contributed by atoms with Gasteiger partial charge in [-0.25, -0.2) is 0 Å². The number of hydrogen-bond acceptors (Lipinski definition) is 2. The maximum Gasteiger partial charge on any atom is 0.311 e. The Bertz CT molecular complexity index is 455. The minimum atomic E-state index is -1.22. The highest BCUT2D eigenvalue weighted by atomic mass is 16.4. The first-order valence-electron chi connectivity index (χ1n) is 9.38. The van der Waals surface area contributed by atoms with Crippen LogP contribution in [0, 0.1) is 16.7 Å². The third kappa shape index (κ3) is 4.84. The smallest absolute Gasteiger partial charge is 0.311 e. The van der Waals surface area contributed by atoms with E-state index in [0.717, 1.165) is 25.2 Å². The number of rotatable bonds is 11. The van der Waals surface area contributed by atoms with Gasteiger partial charge < -0.3 is 10.2 Å². The summed E-state index contributed by atoms with van der Waals surface area (Å²) < 4.78 is 0. The standard InChI is InChI=1S/C20H34O4/c1-16(2)12-8-6-4-5-7-9-14-20(18(23)24)15-11-10-13-19(20,3)17(21)22/h10-11,16H,4-9,12-15H2,1-3H3,(H,21,22)(H,23,24). The molecule has 0 heterocycles. The summed E-state index contributed by atoms with van der Waals surface area (Å²) in [5, 5.41) is 19.4. The summed E-state index contributed by atoms with van der Waals surface area (Å²) in [7, 11) is 0. The van der Waals surface area contributed by atoms with Crippen molar-refractivity contribution < 1.29 is 19.8 Å². The summed E-state index contributed by atoms with van der Waals surface area (Å²) in [4.78, 5) is 23.7. The van der Waals surface area contributed by atoms with Crippen LogP contribution in [0.5, 0.6) is 0 Å². The van der Waals surface area contributed by atoms with E-state index in [0.29, 0.717) is 19.3 Å². The number of aliphatic carboxylic acids is 2. The second-order valence-electron chi connectivity index (χ2n) is 7.96. The van der Waals surface area contributed by atoms with Crippen LogP contribution in [0.2, 0.25) is 0 Å². The summed E-state index contributed by atoms with van der Waals surface area (Å²) in [5.41, 5.74) is -2.39. The van der Waals surface area contributed by atoms with Crippen LogP contribution in [0.25, 0.3) is 0 Å². The Morgan fingerprint density at radius 3 is 2.00 bits per heavy atom. The molecule has 0 saturated carbocycles. The SMILES string of the molecule is CC(C)CCCCCCCCC1(C(=O)O)CC=CCC1(C)C(=O)O. The van der Waals surface area contributed by atoms with Gasteiger partial charge in [0.1, 0.15) is 0 Å². The van der Waals surface area contributed by atoms with E-state index in [9.17, 15) is 19.8 Å². The van der Waals surface area contributed by atoms with Gasteiger partial charge in [0.15, 0.2) is 0 Å². The van der Waals surface area contributed by atoms with Gasteiger partial charge >= 0.3 is 11.9 Å². The molecular formula is C20H34O4. The Morgan fingerprint density at radius 2 is 1.46 bits per heavy atom. The Labute approximate surface area is 146 Å². The molecule has 1 aliphatic carbocycles. The highest BCUT2D eigenvalue weighted by molar-refractivity contribution is 5.87. The lowest BCUT2D eigenvalue weighted by Crippen LogP contribution is -2.51. The van der Waals surface area contributed by atoms with Crippen molar-refractivity contribution in [3.63, 3.8) is 0 Å². The predicted molar refractivity (Wildman–Crippen MR) is 96.0 cm³/mol. The van der Waals surface area contributed by atoms with Gasteiger partial charge in [0.2, 0.25) is 0 Å². The Kier molecular flexibility index (Phi) is 7.98. The van der Waals surface area contributed by atoms with E-state index >= 15 is 0 Å². The molecule has 0 fully saturated rings. The molecule has 4 heteroatoms. The second-order valence-corrected chi connectivity index (χ2v) is 7.96. The lowest BCUT2D eigenvalue weighted by Gasteiger charge is -2.44. The summed E-state index contributed by atoms with van der Waals surface area (Å²) in [6.45, 7) is 6.08. The first-order valence-corrected chi connectivity index (χ1v) is 9.38. The summed E-state index contributed by atoms with van der Waals surface area (Å²) in [6, 6.07) is 0. The molecule has 2 N–H and O–H groups in total. The average Bonchev–Trinajstić information content (AvgIpc) is 2.51. The molecule has 0 bridgehead atoms. The molecule has 0 saturated heterocycles. The fraction of sp³-hybridized carbons (Fsp3) is 0.800. The number of carboxylic acid groups (broad SMARTS) is 2. The summed E-state index contributed by atoms with van der Waals surface area (Å²) >= 11 is 0. The largest absolute Gasteiger partial charge is 0.481 e. The molecule has 4 nitrogen and oxygen atoms in total. The molecule has 0 aromatic carbocycles. The van der Waals surface area contributed by atoms with Crippen LogP contribution in [0.3, 0.4) is 0 Å². The lowest BCUT2D eigenvalue weighted by atomic mass is 9.56. The first-order chi connectivity index (χ1) is 11.3. The van der Waals surface area contributed by atoms with Gasteiger partial charge in [-0.15, -0.1) is 0 Å². The Morgan fingerprint density at radius 1 is 0.917 bits per heavy atom. The molecule has 0 radical (unpaired) electrons. The minimum Gasteiger partial charge on any atom is -0.481 e. The topological polar surface area (TPSA) is 74.6 Å². The number of hydrogen-bond donors (Lipinski definition) is 2. The quantitative estimate of drug-likeness (QED) is 0.397. The maximum atomic E-state index is 12.0. The number of allylic oxidation sites excluding steroid dienone is 2. The van der Waals surface area contributed by atoms with E-state index in [1.54, 1.807) is 6.92 Å². The van der Waals surface area contributed by atoms with E-state index in [-0.39, 0.29) is 0 Å². The first kappa shape index (κ1) is 20.7. The van der Waals surface area contributed by atoms with Crippen molar-refractivity contribution in [3.8, 4) is 0 Å². The zero-order valence-corrected chi connectivity index (χ0v) is 15.5. The molecule has 0 aromatic rings. The predicted octanol–water partition coefficient (Wildman–Crippen LogP) is 5.28. The van der Waals surface area contributed by atoms with Crippen LogP contribution < -0.4 is 0 Å². The third-order valence-corrected chi connectivity index (χ3v) is 5.73. The van der Waals surface area contributed by atoms with Gasteiger partial charge in [-0.05, 0) is 32.1 Å². The van der Waals surface area contributed by atoms with E-state index < -0.39 is 22.8 Å². The van der Waals surface area contributed by atoms with E-state index in [1.165, 1.54) is 25.7 Å². The van der Waals surface area contributed by atoms with Crippen LogP contribution in [-0.4, -0.2) is 22.2 Å². The fourth-order valence-corrected chi connectivity index (χ4v) is 3.81. The molecule has 0 aromatic heterocycles. The molecule has 2 atom stereocenters. The summed E-state index contributed by atoms with van der Waals surface area (Å²) in [5.74, 6) is -1.20. The van der Waals surface area contributed by atoms with Gasteiger partial charge in [0, 0.05) is 0 Å². The number of carbonyl (C=O) groups is 2. The monoisotopic (exact) mass is 338 g/mol. The molecule has 0 amide bonds. The molecule has 2 unspecified atom stereocenters.